The lowest BCUT2D eigenvalue weighted by Gasteiger charge is -2.33. The predicted molar refractivity (Wildman–Crippen MR) is 150 cm³/mol. The molecule has 2 saturated heterocycles. The van der Waals surface area contributed by atoms with Crippen LogP contribution in [0, 0.1) is 11.8 Å². The minimum Gasteiger partial charge on any atom is -0.351 e. The molecule has 0 spiro atoms. The molecule has 39 heavy (non-hydrogen) atoms. The summed E-state index contributed by atoms with van der Waals surface area (Å²) in [6, 6.07) is 1.96. The Balaban J connectivity index is 1.35. The number of nitrogens with one attached hydrogen (secondary N) is 1. The van der Waals surface area contributed by atoms with Crippen LogP contribution in [0.3, 0.4) is 0 Å². The van der Waals surface area contributed by atoms with E-state index >= 15 is 0 Å². The molecule has 3 aliphatic heterocycles. The standard InChI is InChI=1S/C29H39N7O3/c1-17(2)36-26-24(15-31-36)22(27(37)30-14-23-18(3)12-19(4)32-28(23)38)13-25(33-26)20-7-10-35(11-8-20)29(39)21-6-9-34(5)16-21/h12-13,15,17,20-21,23H,6-11,14,16H2,1-5H3,(H,30,37). The number of allylic oxidation sites excluding steroid dienone is 1. The summed E-state index contributed by atoms with van der Waals surface area (Å²) in [5.41, 5.74) is 3.63. The Morgan fingerprint density at radius 3 is 2.51 bits per heavy atom. The SMILES string of the molecule is CC1=CC(C)=NC(=O)C1CNC(=O)c1cc(C2CCN(C(=O)C3CCN(C)C3)CC2)nc2c1cnn2C(C)C. The van der Waals surface area contributed by atoms with E-state index in [0.29, 0.717) is 35.4 Å². The molecule has 5 heterocycles. The Morgan fingerprint density at radius 2 is 1.87 bits per heavy atom. The van der Waals surface area contributed by atoms with Crippen molar-refractivity contribution in [2.75, 3.05) is 39.8 Å². The number of carbonyl (C=O) groups excluding carboxylic acids is 3. The molecular formula is C29H39N7O3. The van der Waals surface area contributed by atoms with E-state index in [0.717, 1.165) is 43.6 Å². The number of fused-ring (bicyclic) bond motifs is 1. The number of aromatic nitrogens is 3. The molecule has 0 bridgehead atoms. The van der Waals surface area contributed by atoms with E-state index in [-0.39, 0.29) is 42.1 Å². The average Bonchev–Trinajstić information content (AvgIpc) is 3.53. The average molecular weight is 534 g/mol. The first-order valence-corrected chi connectivity index (χ1v) is 14.0. The largest absolute Gasteiger partial charge is 0.351 e. The second-order valence-electron chi connectivity index (χ2n) is 11.6. The Hall–Kier alpha value is -3.40. The molecule has 0 aromatic carbocycles. The Labute approximate surface area is 229 Å². The zero-order valence-electron chi connectivity index (χ0n) is 23.6. The highest BCUT2D eigenvalue weighted by Crippen LogP contribution is 2.32. The van der Waals surface area contributed by atoms with E-state index in [1.807, 2.05) is 42.5 Å². The van der Waals surface area contributed by atoms with Gasteiger partial charge in [0.15, 0.2) is 5.65 Å². The number of hydrogen-bond donors (Lipinski definition) is 1. The molecule has 208 valence electrons. The fraction of sp³-hybridized carbons (Fsp3) is 0.586. The lowest BCUT2D eigenvalue weighted by atomic mass is 9.91. The minimum atomic E-state index is -0.464. The second-order valence-corrected chi connectivity index (χ2v) is 11.6. The van der Waals surface area contributed by atoms with Crippen LogP contribution in [-0.4, -0.2) is 87.8 Å². The van der Waals surface area contributed by atoms with Gasteiger partial charge >= 0.3 is 0 Å². The highest BCUT2D eigenvalue weighted by Gasteiger charge is 2.33. The number of carbonyl (C=O) groups is 3. The zero-order valence-corrected chi connectivity index (χ0v) is 23.6. The number of amides is 3. The van der Waals surface area contributed by atoms with Crippen LogP contribution in [0.5, 0.6) is 0 Å². The zero-order chi connectivity index (χ0) is 27.8. The van der Waals surface area contributed by atoms with Gasteiger partial charge in [0.2, 0.25) is 5.91 Å². The van der Waals surface area contributed by atoms with Crippen molar-refractivity contribution in [3.63, 3.8) is 0 Å². The van der Waals surface area contributed by atoms with Gasteiger partial charge < -0.3 is 15.1 Å². The third-order valence-electron chi connectivity index (χ3n) is 8.32. The van der Waals surface area contributed by atoms with Crippen LogP contribution in [0.1, 0.15) is 75.0 Å². The molecule has 3 amide bonds. The number of hydrogen-bond acceptors (Lipinski definition) is 6. The normalized spacial score (nSPS) is 22.9. The lowest BCUT2D eigenvalue weighted by molar-refractivity contribution is -0.136. The summed E-state index contributed by atoms with van der Waals surface area (Å²) >= 11 is 0. The molecule has 3 aliphatic rings. The van der Waals surface area contributed by atoms with Gasteiger partial charge in [0.25, 0.3) is 11.8 Å². The number of rotatable bonds is 6. The quantitative estimate of drug-likeness (QED) is 0.611. The van der Waals surface area contributed by atoms with E-state index < -0.39 is 5.92 Å². The van der Waals surface area contributed by atoms with Crippen LogP contribution in [0.25, 0.3) is 11.0 Å². The van der Waals surface area contributed by atoms with E-state index in [4.69, 9.17) is 4.98 Å². The molecule has 0 radical (unpaired) electrons. The second kappa shape index (κ2) is 11.0. The third kappa shape index (κ3) is 5.52. The van der Waals surface area contributed by atoms with Crippen molar-refractivity contribution >= 4 is 34.5 Å². The first kappa shape index (κ1) is 27.2. The highest BCUT2D eigenvalue weighted by molar-refractivity contribution is 6.07. The van der Waals surface area contributed by atoms with Crippen molar-refractivity contribution < 1.29 is 14.4 Å². The Morgan fingerprint density at radius 1 is 1.13 bits per heavy atom. The van der Waals surface area contributed by atoms with Crippen molar-refractivity contribution in [1.29, 1.82) is 0 Å². The molecule has 10 nitrogen and oxygen atoms in total. The molecular weight excluding hydrogens is 494 g/mol. The van der Waals surface area contributed by atoms with Gasteiger partial charge in [0, 0.05) is 49.5 Å². The highest BCUT2D eigenvalue weighted by atomic mass is 16.2. The van der Waals surface area contributed by atoms with E-state index in [1.165, 1.54) is 0 Å². The lowest BCUT2D eigenvalue weighted by Crippen LogP contribution is -2.42. The fourth-order valence-electron chi connectivity index (χ4n) is 6.05. The fourth-order valence-corrected chi connectivity index (χ4v) is 6.05. The predicted octanol–water partition coefficient (Wildman–Crippen LogP) is 2.96. The summed E-state index contributed by atoms with van der Waals surface area (Å²) in [4.78, 5) is 52.3. The van der Waals surface area contributed by atoms with Crippen LogP contribution in [0.4, 0.5) is 0 Å². The molecule has 0 saturated carbocycles. The molecule has 2 aromatic heterocycles. The monoisotopic (exact) mass is 533 g/mol. The minimum absolute atomic E-state index is 0.0823. The van der Waals surface area contributed by atoms with Crippen molar-refractivity contribution in [2.45, 2.75) is 58.9 Å². The number of aliphatic imine (C=N–C) groups is 1. The summed E-state index contributed by atoms with van der Waals surface area (Å²) in [6.45, 7) is 11.2. The molecule has 0 aliphatic carbocycles. The van der Waals surface area contributed by atoms with Crippen molar-refractivity contribution in [2.24, 2.45) is 16.8 Å². The summed E-state index contributed by atoms with van der Waals surface area (Å²) in [6.07, 6.45) is 6.13. The van der Waals surface area contributed by atoms with Crippen molar-refractivity contribution in [3.05, 3.63) is 35.2 Å². The molecule has 1 N–H and O–H groups in total. The topological polar surface area (TPSA) is 113 Å². The Bertz CT molecular complexity index is 1350. The third-order valence-corrected chi connectivity index (χ3v) is 8.32. The molecule has 5 rings (SSSR count). The van der Waals surface area contributed by atoms with Crippen LogP contribution < -0.4 is 5.32 Å². The van der Waals surface area contributed by atoms with Crippen molar-refractivity contribution in [3.8, 4) is 0 Å². The van der Waals surface area contributed by atoms with Gasteiger partial charge in [-0.15, -0.1) is 0 Å². The number of pyridine rings is 1. The van der Waals surface area contributed by atoms with E-state index in [1.54, 1.807) is 13.1 Å². The molecule has 2 aromatic rings. The summed E-state index contributed by atoms with van der Waals surface area (Å²) in [5, 5.41) is 8.19. The molecule has 2 unspecified atom stereocenters. The first-order valence-electron chi connectivity index (χ1n) is 14.0. The number of nitrogens with zero attached hydrogens (tertiary/aromatic N) is 6. The molecule has 2 atom stereocenters. The van der Waals surface area contributed by atoms with E-state index in [2.05, 4.69) is 27.4 Å². The maximum absolute atomic E-state index is 13.5. The number of dihydropyridines is 1. The van der Waals surface area contributed by atoms with Crippen LogP contribution in [0.2, 0.25) is 0 Å². The van der Waals surface area contributed by atoms with Gasteiger partial charge in [-0.3, -0.25) is 14.4 Å². The molecule has 2 fully saturated rings. The maximum Gasteiger partial charge on any atom is 0.254 e. The summed E-state index contributed by atoms with van der Waals surface area (Å²) in [5.74, 6) is -0.437. The maximum atomic E-state index is 13.5. The smallest absolute Gasteiger partial charge is 0.254 e. The Kier molecular flexibility index (Phi) is 7.66. The van der Waals surface area contributed by atoms with Crippen molar-refractivity contribution in [1.82, 2.24) is 29.9 Å². The summed E-state index contributed by atoms with van der Waals surface area (Å²) in [7, 11) is 2.07. The summed E-state index contributed by atoms with van der Waals surface area (Å²) < 4.78 is 1.85. The van der Waals surface area contributed by atoms with E-state index in [9.17, 15) is 14.4 Å². The molecule has 10 heteroatoms. The number of piperidine rings is 1. The van der Waals surface area contributed by atoms with Crippen LogP contribution >= 0.6 is 0 Å². The first-order chi connectivity index (χ1) is 18.6. The van der Waals surface area contributed by atoms with Gasteiger partial charge in [0.05, 0.1) is 29.0 Å². The van der Waals surface area contributed by atoms with Gasteiger partial charge in [-0.05, 0) is 72.7 Å². The van der Waals surface area contributed by atoms with Gasteiger partial charge in [-0.25, -0.2) is 14.7 Å². The van der Waals surface area contributed by atoms with Crippen LogP contribution in [0.15, 0.2) is 28.9 Å². The van der Waals surface area contributed by atoms with Gasteiger partial charge in [-0.2, -0.15) is 5.10 Å². The van der Waals surface area contributed by atoms with Gasteiger partial charge in [-0.1, -0.05) is 5.57 Å². The van der Waals surface area contributed by atoms with Gasteiger partial charge in [0.1, 0.15) is 0 Å². The number of likely N-dealkylation sites (tertiary alicyclic amines) is 2. The van der Waals surface area contributed by atoms with Crippen LogP contribution in [-0.2, 0) is 9.59 Å².